The molecule has 1 saturated heterocycles. The summed E-state index contributed by atoms with van der Waals surface area (Å²) in [7, 11) is 0. The molecule has 2 aliphatic rings. The third-order valence-corrected chi connectivity index (χ3v) is 5.59. The number of nitrogens with one attached hydrogen (secondary N) is 2. The molecule has 1 aliphatic heterocycles. The van der Waals surface area contributed by atoms with Crippen LogP contribution in [0.4, 0.5) is 5.00 Å². The highest BCUT2D eigenvalue weighted by atomic mass is 32.1. The quantitative estimate of drug-likeness (QED) is 0.844. The number of amides is 1. The third-order valence-electron chi connectivity index (χ3n) is 4.38. The van der Waals surface area contributed by atoms with Crippen molar-refractivity contribution in [3.05, 3.63) is 16.0 Å². The topological polar surface area (TPSA) is 64.9 Å². The van der Waals surface area contributed by atoms with Crippen molar-refractivity contribution >= 4 is 22.2 Å². The number of rotatable bonds is 3. The van der Waals surface area contributed by atoms with Crippen molar-refractivity contribution in [2.24, 2.45) is 0 Å². The molecule has 21 heavy (non-hydrogen) atoms. The minimum atomic E-state index is 0.0299. The fourth-order valence-electron chi connectivity index (χ4n) is 3.28. The van der Waals surface area contributed by atoms with Gasteiger partial charge < -0.3 is 10.6 Å². The lowest BCUT2D eigenvalue weighted by atomic mass is 10.1. The molecule has 1 unspecified atom stereocenters. The number of nitrogens with zero attached hydrogens (tertiary/aromatic N) is 1. The summed E-state index contributed by atoms with van der Waals surface area (Å²) in [5, 5.41) is 16.5. The molecule has 3 rings (SSSR count). The Balaban J connectivity index is 1.72. The maximum atomic E-state index is 12.2. The van der Waals surface area contributed by atoms with Gasteiger partial charge in [0.1, 0.15) is 11.1 Å². The minimum absolute atomic E-state index is 0.0299. The number of hydrogen-bond donors (Lipinski definition) is 2. The third kappa shape index (κ3) is 3.28. The van der Waals surface area contributed by atoms with E-state index in [2.05, 4.69) is 16.7 Å². The summed E-state index contributed by atoms with van der Waals surface area (Å²) in [5.41, 5.74) is 1.90. The van der Waals surface area contributed by atoms with Crippen LogP contribution in [-0.4, -0.2) is 18.5 Å². The summed E-state index contributed by atoms with van der Waals surface area (Å²) < 4.78 is 0. The van der Waals surface area contributed by atoms with E-state index in [0.29, 0.717) is 18.0 Å². The molecule has 1 amide bonds. The maximum absolute atomic E-state index is 12.2. The molecule has 1 aromatic rings. The highest BCUT2D eigenvalue weighted by molar-refractivity contribution is 7.16. The first kappa shape index (κ1) is 14.6. The number of carbonyl (C=O) groups excluding carboxylic acids is 1. The Morgan fingerprint density at radius 3 is 2.95 bits per heavy atom. The zero-order chi connectivity index (χ0) is 14.7. The molecule has 0 aromatic carbocycles. The van der Waals surface area contributed by atoms with E-state index < -0.39 is 0 Å². The van der Waals surface area contributed by atoms with Gasteiger partial charge in [0.25, 0.3) is 0 Å². The van der Waals surface area contributed by atoms with Gasteiger partial charge in [-0.15, -0.1) is 11.3 Å². The van der Waals surface area contributed by atoms with Gasteiger partial charge in [-0.1, -0.05) is 6.42 Å². The predicted molar refractivity (Wildman–Crippen MR) is 84.6 cm³/mol. The van der Waals surface area contributed by atoms with E-state index in [4.69, 9.17) is 0 Å². The van der Waals surface area contributed by atoms with Crippen molar-refractivity contribution in [1.29, 1.82) is 5.26 Å². The van der Waals surface area contributed by atoms with Gasteiger partial charge >= 0.3 is 0 Å². The van der Waals surface area contributed by atoms with Gasteiger partial charge in [-0.25, -0.2) is 0 Å². The smallest absolute Gasteiger partial charge is 0.226 e. The highest BCUT2D eigenvalue weighted by Crippen LogP contribution is 2.37. The molecule has 5 heteroatoms. The zero-order valence-corrected chi connectivity index (χ0v) is 13.0. The van der Waals surface area contributed by atoms with Gasteiger partial charge in [-0.2, -0.15) is 5.26 Å². The van der Waals surface area contributed by atoms with Crippen molar-refractivity contribution in [2.45, 2.75) is 57.4 Å². The van der Waals surface area contributed by atoms with E-state index in [1.54, 1.807) is 11.3 Å². The summed E-state index contributed by atoms with van der Waals surface area (Å²) in [6.07, 6.45) is 8.34. The van der Waals surface area contributed by atoms with Gasteiger partial charge in [0.15, 0.2) is 0 Å². The Kier molecular flexibility index (Phi) is 4.57. The Bertz CT molecular complexity index is 567. The monoisotopic (exact) mass is 303 g/mol. The number of hydrogen-bond acceptors (Lipinski definition) is 4. The molecule has 1 aromatic heterocycles. The first-order valence-electron chi connectivity index (χ1n) is 7.86. The van der Waals surface area contributed by atoms with E-state index in [1.165, 1.54) is 23.3 Å². The van der Waals surface area contributed by atoms with Crippen LogP contribution in [0.25, 0.3) is 0 Å². The van der Waals surface area contributed by atoms with Crippen molar-refractivity contribution in [2.75, 3.05) is 11.9 Å². The lowest BCUT2D eigenvalue weighted by molar-refractivity contribution is -0.116. The van der Waals surface area contributed by atoms with E-state index >= 15 is 0 Å². The van der Waals surface area contributed by atoms with Crippen LogP contribution in [0.5, 0.6) is 0 Å². The van der Waals surface area contributed by atoms with Crippen LogP contribution < -0.4 is 10.6 Å². The van der Waals surface area contributed by atoms with Gasteiger partial charge in [-0.3, -0.25) is 4.79 Å². The van der Waals surface area contributed by atoms with Crippen LogP contribution in [0.15, 0.2) is 0 Å². The Hall–Kier alpha value is -1.38. The number of nitriles is 1. The highest BCUT2D eigenvalue weighted by Gasteiger charge is 2.22. The first-order valence-corrected chi connectivity index (χ1v) is 8.67. The van der Waals surface area contributed by atoms with Crippen LogP contribution in [0.1, 0.15) is 54.5 Å². The number of fused-ring (bicyclic) bond motifs is 1. The molecule has 1 aliphatic carbocycles. The second kappa shape index (κ2) is 6.59. The summed E-state index contributed by atoms with van der Waals surface area (Å²) in [4.78, 5) is 13.5. The second-order valence-corrected chi connectivity index (χ2v) is 7.03. The molecule has 4 nitrogen and oxygen atoms in total. The number of carbonyl (C=O) groups is 1. The standard InChI is InChI=1S/C16H21N3OS/c17-10-13-12-6-2-1-3-7-14(12)21-16(13)19-15(20)9-11-5-4-8-18-11/h11,18H,1-9H2,(H,19,20). The van der Waals surface area contributed by atoms with Crippen LogP contribution >= 0.6 is 11.3 Å². The normalized spacial score (nSPS) is 21.4. The van der Waals surface area contributed by atoms with Gasteiger partial charge in [0.2, 0.25) is 5.91 Å². The lowest BCUT2D eigenvalue weighted by Crippen LogP contribution is -2.27. The van der Waals surface area contributed by atoms with E-state index in [0.717, 1.165) is 43.6 Å². The zero-order valence-electron chi connectivity index (χ0n) is 12.2. The van der Waals surface area contributed by atoms with Gasteiger partial charge in [0, 0.05) is 17.3 Å². The molecule has 0 radical (unpaired) electrons. The second-order valence-electron chi connectivity index (χ2n) is 5.93. The molecule has 2 N–H and O–H groups in total. The number of anilines is 1. The molecule has 1 fully saturated rings. The summed E-state index contributed by atoms with van der Waals surface area (Å²) in [5.74, 6) is 0.0299. The summed E-state index contributed by atoms with van der Waals surface area (Å²) in [6.45, 7) is 1.01. The predicted octanol–water partition coefficient (Wildman–Crippen LogP) is 2.97. The van der Waals surface area contributed by atoms with Crippen molar-refractivity contribution in [3.8, 4) is 6.07 Å². The molecule has 0 bridgehead atoms. The average Bonchev–Trinajstić information content (AvgIpc) is 3.01. The molecule has 2 heterocycles. The summed E-state index contributed by atoms with van der Waals surface area (Å²) >= 11 is 1.61. The molecule has 112 valence electrons. The molecular weight excluding hydrogens is 282 g/mol. The molecule has 1 atom stereocenters. The first-order chi connectivity index (χ1) is 10.3. The maximum Gasteiger partial charge on any atom is 0.226 e. The van der Waals surface area contributed by atoms with Crippen LogP contribution in [-0.2, 0) is 17.6 Å². The van der Waals surface area contributed by atoms with E-state index in [1.807, 2.05) is 0 Å². The van der Waals surface area contributed by atoms with Gasteiger partial charge in [0.05, 0.1) is 5.56 Å². The fraction of sp³-hybridized carbons (Fsp3) is 0.625. The van der Waals surface area contributed by atoms with E-state index in [9.17, 15) is 10.1 Å². The summed E-state index contributed by atoms with van der Waals surface area (Å²) in [6, 6.07) is 2.61. The van der Waals surface area contributed by atoms with Gasteiger partial charge in [-0.05, 0) is 50.6 Å². The lowest BCUT2D eigenvalue weighted by Gasteiger charge is -2.09. The van der Waals surface area contributed by atoms with Crippen molar-refractivity contribution in [1.82, 2.24) is 5.32 Å². The molecule has 0 spiro atoms. The Morgan fingerprint density at radius 2 is 2.19 bits per heavy atom. The van der Waals surface area contributed by atoms with Crippen LogP contribution in [0.3, 0.4) is 0 Å². The van der Waals surface area contributed by atoms with Crippen molar-refractivity contribution < 1.29 is 4.79 Å². The van der Waals surface area contributed by atoms with E-state index in [-0.39, 0.29) is 5.91 Å². The SMILES string of the molecule is N#Cc1c(NC(=O)CC2CCCN2)sc2c1CCCCC2. The van der Waals surface area contributed by atoms with Crippen LogP contribution in [0, 0.1) is 11.3 Å². The average molecular weight is 303 g/mol. The molecule has 0 saturated carbocycles. The number of aryl methyl sites for hydroxylation is 1. The van der Waals surface area contributed by atoms with Crippen LogP contribution in [0.2, 0.25) is 0 Å². The van der Waals surface area contributed by atoms with Crippen molar-refractivity contribution in [3.63, 3.8) is 0 Å². The Labute approximate surface area is 129 Å². The fourth-order valence-corrected chi connectivity index (χ4v) is 4.54. The number of thiophene rings is 1. The largest absolute Gasteiger partial charge is 0.317 e. The molecular formula is C16H21N3OS. The minimum Gasteiger partial charge on any atom is -0.317 e. The Morgan fingerprint density at radius 1 is 1.33 bits per heavy atom.